The van der Waals surface area contributed by atoms with Crippen molar-refractivity contribution in [2.45, 2.75) is 13.8 Å². The molecule has 3 rings (SSSR count). The van der Waals surface area contributed by atoms with Gasteiger partial charge in [-0.2, -0.15) is 5.10 Å². The van der Waals surface area contributed by atoms with Gasteiger partial charge in [-0.25, -0.2) is 9.97 Å². The normalized spacial score (nSPS) is 10.8. The first-order chi connectivity index (χ1) is 13.1. The summed E-state index contributed by atoms with van der Waals surface area (Å²) in [5, 5.41) is 4.32. The number of rotatable bonds is 6. The van der Waals surface area contributed by atoms with E-state index in [-0.39, 0.29) is 0 Å². The Kier molecular flexibility index (Phi) is 5.66. The minimum atomic E-state index is 0.655. The Balaban J connectivity index is 1.83. The number of hydrazone groups is 1. The second-order valence-corrected chi connectivity index (χ2v) is 5.96. The number of nitrogens with one attached hydrogen (secondary N) is 1. The van der Waals surface area contributed by atoms with Gasteiger partial charge in [0.05, 0.1) is 20.4 Å². The number of anilines is 1. The molecule has 0 amide bonds. The lowest BCUT2D eigenvalue weighted by Gasteiger charge is -2.10. The average Bonchev–Trinajstić information content (AvgIpc) is 2.71. The molecule has 0 fully saturated rings. The Morgan fingerprint density at radius 1 is 0.926 bits per heavy atom. The molecule has 1 aromatic heterocycles. The maximum Gasteiger partial charge on any atom is 0.161 e. The highest BCUT2D eigenvalue weighted by Gasteiger charge is 2.09. The van der Waals surface area contributed by atoms with Gasteiger partial charge in [-0.15, -0.1) is 0 Å². The molecule has 0 radical (unpaired) electrons. The number of hydrogen-bond acceptors (Lipinski definition) is 6. The fourth-order valence-corrected chi connectivity index (χ4v) is 2.56. The lowest BCUT2D eigenvalue weighted by molar-refractivity contribution is 0.355. The smallest absolute Gasteiger partial charge is 0.161 e. The Hall–Kier alpha value is -3.41. The van der Waals surface area contributed by atoms with Gasteiger partial charge in [-0.05, 0) is 37.6 Å². The molecule has 0 aliphatic rings. The van der Waals surface area contributed by atoms with E-state index >= 15 is 0 Å². The van der Waals surface area contributed by atoms with Crippen LogP contribution in [0.25, 0.3) is 11.4 Å². The van der Waals surface area contributed by atoms with Crippen molar-refractivity contribution in [3.63, 3.8) is 0 Å². The average molecular weight is 362 g/mol. The zero-order valence-electron chi connectivity index (χ0n) is 15.9. The summed E-state index contributed by atoms with van der Waals surface area (Å²) in [6, 6.07) is 15.5. The van der Waals surface area contributed by atoms with Crippen molar-refractivity contribution in [3.8, 4) is 22.9 Å². The molecular weight excluding hydrogens is 340 g/mol. The Morgan fingerprint density at radius 3 is 2.37 bits per heavy atom. The summed E-state index contributed by atoms with van der Waals surface area (Å²) < 4.78 is 10.6. The molecule has 1 N–H and O–H groups in total. The van der Waals surface area contributed by atoms with Crippen molar-refractivity contribution in [1.82, 2.24) is 9.97 Å². The molecule has 3 aromatic rings. The summed E-state index contributed by atoms with van der Waals surface area (Å²) in [4.78, 5) is 9.19. The zero-order chi connectivity index (χ0) is 19.2. The lowest BCUT2D eigenvalue weighted by atomic mass is 10.2. The van der Waals surface area contributed by atoms with Crippen molar-refractivity contribution in [2.75, 3.05) is 19.6 Å². The van der Waals surface area contributed by atoms with Crippen molar-refractivity contribution in [3.05, 3.63) is 65.4 Å². The van der Waals surface area contributed by atoms with Gasteiger partial charge < -0.3 is 9.47 Å². The second-order valence-electron chi connectivity index (χ2n) is 5.96. The standard InChI is InChI=1S/C21H22N4O2/c1-14-15(2)23-21(17-8-6-5-7-9-17)24-20(14)25-22-13-16-10-11-18(26-3)19(12-16)27-4/h5-13H,1-4H3,(H,23,24,25)/b22-13-. The second kappa shape index (κ2) is 8.31. The maximum atomic E-state index is 5.31. The third-order valence-corrected chi connectivity index (χ3v) is 4.21. The zero-order valence-corrected chi connectivity index (χ0v) is 15.9. The highest BCUT2D eigenvalue weighted by molar-refractivity contribution is 5.81. The van der Waals surface area contributed by atoms with E-state index in [0.717, 1.165) is 22.4 Å². The summed E-state index contributed by atoms with van der Waals surface area (Å²) in [5.74, 6) is 2.68. The fourth-order valence-electron chi connectivity index (χ4n) is 2.56. The number of benzene rings is 2. The van der Waals surface area contributed by atoms with E-state index in [1.165, 1.54) is 0 Å². The molecule has 1 heterocycles. The highest BCUT2D eigenvalue weighted by atomic mass is 16.5. The Morgan fingerprint density at radius 2 is 1.67 bits per heavy atom. The number of nitrogens with zero attached hydrogens (tertiary/aromatic N) is 3. The van der Waals surface area contributed by atoms with Crippen LogP contribution < -0.4 is 14.9 Å². The SMILES string of the molecule is COc1ccc(/C=N\Nc2nc(-c3ccccc3)nc(C)c2C)cc1OC. The minimum Gasteiger partial charge on any atom is -0.493 e. The third-order valence-electron chi connectivity index (χ3n) is 4.21. The molecule has 0 unspecified atom stereocenters. The molecule has 0 saturated carbocycles. The number of ether oxygens (including phenoxy) is 2. The van der Waals surface area contributed by atoms with Crippen molar-refractivity contribution in [2.24, 2.45) is 5.10 Å². The van der Waals surface area contributed by atoms with Gasteiger partial charge in [0.2, 0.25) is 0 Å². The van der Waals surface area contributed by atoms with Crippen LogP contribution in [0.15, 0.2) is 53.6 Å². The van der Waals surface area contributed by atoms with Gasteiger partial charge in [0.25, 0.3) is 0 Å². The Labute approximate surface area is 158 Å². The summed E-state index contributed by atoms with van der Waals surface area (Å²) in [6.45, 7) is 3.94. The van der Waals surface area contributed by atoms with Gasteiger partial charge in [-0.1, -0.05) is 30.3 Å². The molecule has 0 spiro atoms. The largest absolute Gasteiger partial charge is 0.493 e. The van der Waals surface area contributed by atoms with Gasteiger partial charge in [0.15, 0.2) is 23.1 Å². The van der Waals surface area contributed by atoms with Crippen LogP contribution in [0, 0.1) is 13.8 Å². The van der Waals surface area contributed by atoms with Gasteiger partial charge in [0, 0.05) is 16.8 Å². The van der Waals surface area contributed by atoms with E-state index in [1.807, 2.05) is 62.4 Å². The molecule has 0 aliphatic carbocycles. The first-order valence-electron chi connectivity index (χ1n) is 8.54. The van der Waals surface area contributed by atoms with Crippen LogP contribution in [-0.2, 0) is 0 Å². The van der Waals surface area contributed by atoms with E-state index in [4.69, 9.17) is 9.47 Å². The van der Waals surface area contributed by atoms with E-state index in [9.17, 15) is 0 Å². The van der Waals surface area contributed by atoms with Crippen LogP contribution in [0.2, 0.25) is 0 Å². The van der Waals surface area contributed by atoms with Gasteiger partial charge in [-0.3, -0.25) is 5.43 Å². The molecule has 27 heavy (non-hydrogen) atoms. The van der Waals surface area contributed by atoms with Crippen LogP contribution in [0.4, 0.5) is 5.82 Å². The first kappa shape index (κ1) is 18.4. The molecule has 138 valence electrons. The molecule has 6 nitrogen and oxygen atoms in total. The minimum absolute atomic E-state index is 0.655. The topological polar surface area (TPSA) is 68.6 Å². The van der Waals surface area contributed by atoms with Gasteiger partial charge >= 0.3 is 0 Å². The predicted octanol–water partition coefficient (Wildman–Crippen LogP) is 4.22. The van der Waals surface area contributed by atoms with E-state index in [0.29, 0.717) is 23.1 Å². The van der Waals surface area contributed by atoms with Crippen molar-refractivity contribution >= 4 is 12.0 Å². The summed E-state index contributed by atoms with van der Waals surface area (Å²) in [5.41, 5.74) is 6.74. The quantitative estimate of drug-likeness (QED) is 0.525. The fraction of sp³-hybridized carbons (Fsp3) is 0.190. The summed E-state index contributed by atoms with van der Waals surface area (Å²) in [7, 11) is 3.22. The van der Waals surface area contributed by atoms with E-state index in [1.54, 1.807) is 20.4 Å². The molecule has 0 saturated heterocycles. The maximum absolute atomic E-state index is 5.31. The Bertz CT molecular complexity index is 956. The van der Waals surface area contributed by atoms with Crippen molar-refractivity contribution < 1.29 is 9.47 Å². The van der Waals surface area contributed by atoms with Crippen LogP contribution in [0.3, 0.4) is 0 Å². The van der Waals surface area contributed by atoms with E-state index in [2.05, 4.69) is 20.5 Å². The molecule has 6 heteroatoms. The molecule has 0 bridgehead atoms. The molecule has 2 aromatic carbocycles. The number of hydrogen-bond donors (Lipinski definition) is 1. The summed E-state index contributed by atoms with van der Waals surface area (Å²) >= 11 is 0. The van der Waals surface area contributed by atoms with Gasteiger partial charge in [0.1, 0.15) is 0 Å². The number of aryl methyl sites for hydroxylation is 1. The van der Waals surface area contributed by atoms with Crippen LogP contribution in [0.1, 0.15) is 16.8 Å². The highest BCUT2D eigenvalue weighted by Crippen LogP contribution is 2.27. The number of methoxy groups -OCH3 is 2. The molecular formula is C21H22N4O2. The number of aromatic nitrogens is 2. The predicted molar refractivity (Wildman–Crippen MR) is 108 cm³/mol. The third kappa shape index (κ3) is 4.23. The van der Waals surface area contributed by atoms with Crippen LogP contribution in [0.5, 0.6) is 11.5 Å². The summed E-state index contributed by atoms with van der Waals surface area (Å²) in [6.07, 6.45) is 1.71. The molecule has 0 atom stereocenters. The van der Waals surface area contributed by atoms with E-state index < -0.39 is 0 Å². The lowest BCUT2D eigenvalue weighted by Crippen LogP contribution is -2.03. The molecule has 0 aliphatic heterocycles. The first-order valence-corrected chi connectivity index (χ1v) is 8.54. The monoisotopic (exact) mass is 362 g/mol. The van der Waals surface area contributed by atoms with Crippen LogP contribution >= 0.6 is 0 Å². The van der Waals surface area contributed by atoms with Crippen molar-refractivity contribution in [1.29, 1.82) is 0 Å². The van der Waals surface area contributed by atoms with Crippen LogP contribution in [-0.4, -0.2) is 30.4 Å².